The Kier molecular flexibility index (Phi) is 3.00. The lowest BCUT2D eigenvalue weighted by atomic mass is 9.72. The van der Waals surface area contributed by atoms with Crippen LogP contribution in [0.5, 0.6) is 0 Å². The van der Waals surface area contributed by atoms with E-state index in [4.69, 9.17) is 4.42 Å². The van der Waals surface area contributed by atoms with E-state index in [2.05, 4.69) is 10.2 Å². The molecule has 0 aliphatic carbocycles. The van der Waals surface area contributed by atoms with Gasteiger partial charge in [0.15, 0.2) is 5.54 Å². The highest BCUT2D eigenvalue weighted by Crippen LogP contribution is 2.53. The highest BCUT2D eigenvalue weighted by Gasteiger charge is 2.65. The minimum Gasteiger partial charge on any atom is -0.469 e. The first-order valence-electron chi connectivity index (χ1n) is 7.86. The molecule has 2 aliphatic rings. The topological polar surface area (TPSA) is 75.2 Å². The quantitative estimate of drug-likeness (QED) is 0.796. The SMILES string of the molecule is CC1(C)N=NC2(CC(=O)N(c3ccccc3)C2=O)C1c1ccco1. The van der Waals surface area contributed by atoms with Crippen LogP contribution in [-0.2, 0) is 9.59 Å². The average molecular weight is 323 g/mol. The van der Waals surface area contributed by atoms with Crippen molar-refractivity contribution in [1.29, 1.82) is 0 Å². The van der Waals surface area contributed by atoms with Crippen molar-refractivity contribution in [3.63, 3.8) is 0 Å². The average Bonchev–Trinajstić information content (AvgIpc) is 3.20. The summed E-state index contributed by atoms with van der Waals surface area (Å²) in [5.74, 6) is -0.389. The number of benzene rings is 1. The molecule has 2 atom stereocenters. The third-order valence-electron chi connectivity index (χ3n) is 4.76. The molecule has 4 rings (SSSR count). The lowest BCUT2D eigenvalue weighted by Crippen LogP contribution is -2.46. The predicted octanol–water partition coefficient (Wildman–Crippen LogP) is 3.31. The van der Waals surface area contributed by atoms with Crippen LogP contribution < -0.4 is 4.90 Å². The molecule has 1 aromatic carbocycles. The largest absolute Gasteiger partial charge is 0.469 e. The number of hydrogen-bond acceptors (Lipinski definition) is 5. The molecule has 0 N–H and O–H groups in total. The predicted molar refractivity (Wildman–Crippen MR) is 86.7 cm³/mol. The third-order valence-corrected chi connectivity index (χ3v) is 4.76. The van der Waals surface area contributed by atoms with Gasteiger partial charge < -0.3 is 4.42 Å². The Hall–Kier alpha value is -2.76. The van der Waals surface area contributed by atoms with Gasteiger partial charge in [0.25, 0.3) is 5.91 Å². The maximum atomic E-state index is 13.2. The number of carbonyl (C=O) groups is 2. The molecule has 1 spiro atoms. The summed E-state index contributed by atoms with van der Waals surface area (Å²) in [4.78, 5) is 27.1. The standard InChI is InChI=1S/C18H17N3O3/c1-17(2)15(13-9-6-10-24-13)18(20-19-17)11-14(22)21(16(18)23)12-7-4-3-5-8-12/h3-10,15H,11H2,1-2H3. The van der Waals surface area contributed by atoms with Crippen LogP contribution in [0.1, 0.15) is 31.9 Å². The second kappa shape index (κ2) is 4.87. The van der Waals surface area contributed by atoms with Gasteiger partial charge in [0.05, 0.1) is 29.8 Å². The van der Waals surface area contributed by atoms with E-state index in [-0.39, 0.29) is 18.2 Å². The second-order valence-electron chi connectivity index (χ2n) is 6.77. The minimum atomic E-state index is -1.23. The number of anilines is 1. The van der Waals surface area contributed by atoms with E-state index in [1.165, 1.54) is 4.90 Å². The molecule has 2 amide bonds. The molecule has 1 fully saturated rings. The Morgan fingerprint density at radius 2 is 1.83 bits per heavy atom. The van der Waals surface area contributed by atoms with Crippen molar-refractivity contribution in [1.82, 2.24) is 0 Å². The molecule has 24 heavy (non-hydrogen) atoms. The van der Waals surface area contributed by atoms with Gasteiger partial charge in [-0.2, -0.15) is 10.2 Å². The first-order valence-corrected chi connectivity index (χ1v) is 7.86. The van der Waals surface area contributed by atoms with E-state index >= 15 is 0 Å². The van der Waals surface area contributed by atoms with Crippen LogP contribution in [0.2, 0.25) is 0 Å². The fourth-order valence-electron chi connectivity index (χ4n) is 3.79. The molecule has 2 aliphatic heterocycles. The second-order valence-corrected chi connectivity index (χ2v) is 6.77. The van der Waals surface area contributed by atoms with Crippen LogP contribution in [0.3, 0.4) is 0 Å². The normalized spacial score (nSPS) is 28.2. The monoisotopic (exact) mass is 323 g/mol. The van der Waals surface area contributed by atoms with Crippen LogP contribution in [0.4, 0.5) is 5.69 Å². The Balaban J connectivity index is 1.82. The Bertz CT molecular complexity index is 826. The number of nitrogens with zero attached hydrogens (tertiary/aromatic N) is 3. The van der Waals surface area contributed by atoms with Crippen LogP contribution in [0.25, 0.3) is 0 Å². The van der Waals surface area contributed by atoms with E-state index in [0.717, 1.165) is 0 Å². The number of furan rings is 1. The van der Waals surface area contributed by atoms with Gasteiger partial charge in [-0.05, 0) is 38.1 Å². The maximum Gasteiger partial charge on any atom is 0.265 e. The number of para-hydroxylation sites is 1. The van der Waals surface area contributed by atoms with Gasteiger partial charge in [0.1, 0.15) is 5.76 Å². The molecule has 0 bridgehead atoms. The van der Waals surface area contributed by atoms with E-state index < -0.39 is 17.0 Å². The summed E-state index contributed by atoms with van der Waals surface area (Å²) in [5.41, 5.74) is -1.29. The van der Waals surface area contributed by atoms with Gasteiger partial charge in [0, 0.05) is 0 Å². The van der Waals surface area contributed by atoms with Gasteiger partial charge in [-0.3, -0.25) is 9.59 Å². The highest BCUT2D eigenvalue weighted by molar-refractivity contribution is 6.25. The van der Waals surface area contributed by atoms with Gasteiger partial charge >= 0.3 is 0 Å². The third kappa shape index (κ3) is 1.89. The fraction of sp³-hybridized carbons (Fsp3) is 0.333. The van der Waals surface area contributed by atoms with Crippen LogP contribution in [0, 0.1) is 0 Å². The highest BCUT2D eigenvalue weighted by atomic mass is 16.3. The summed E-state index contributed by atoms with van der Waals surface area (Å²) in [6.45, 7) is 3.81. The number of rotatable bonds is 2. The number of amides is 2. The molecule has 2 aromatic rings. The van der Waals surface area contributed by atoms with Gasteiger partial charge in [-0.15, -0.1) is 0 Å². The molecule has 1 aromatic heterocycles. The van der Waals surface area contributed by atoms with Crippen molar-refractivity contribution in [2.24, 2.45) is 10.2 Å². The number of hydrogen-bond donors (Lipinski definition) is 0. The number of carbonyl (C=O) groups excluding carboxylic acids is 2. The van der Waals surface area contributed by atoms with E-state index in [0.29, 0.717) is 11.4 Å². The lowest BCUT2D eigenvalue weighted by Gasteiger charge is -2.30. The molecule has 2 unspecified atom stereocenters. The zero-order valence-corrected chi connectivity index (χ0v) is 13.5. The van der Waals surface area contributed by atoms with Crippen LogP contribution in [-0.4, -0.2) is 22.9 Å². The van der Waals surface area contributed by atoms with Crippen molar-refractivity contribution < 1.29 is 14.0 Å². The first-order chi connectivity index (χ1) is 11.5. The molecule has 3 heterocycles. The Morgan fingerprint density at radius 3 is 2.50 bits per heavy atom. The van der Waals surface area contributed by atoms with Crippen molar-refractivity contribution in [2.45, 2.75) is 37.3 Å². The summed E-state index contributed by atoms with van der Waals surface area (Å²) >= 11 is 0. The lowest BCUT2D eigenvalue weighted by molar-refractivity contribution is -0.123. The van der Waals surface area contributed by atoms with E-state index in [9.17, 15) is 9.59 Å². The summed E-state index contributed by atoms with van der Waals surface area (Å²) in [6.07, 6.45) is 1.56. The molecule has 6 nitrogen and oxygen atoms in total. The van der Waals surface area contributed by atoms with Gasteiger partial charge in [-0.25, -0.2) is 4.90 Å². The molecule has 0 saturated carbocycles. The summed E-state index contributed by atoms with van der Waals surface area (Å²) in [7, 11) is 0. The molecule has 1 saturated heterocycles. The van der Waals surface area contributed by atoms with Crippen molar-refractivity contribution in [2.75, 3.05) is 4.90 Å². The molecular weight excluding hydrogens is 306 g/mol. The van der Waals surface area contributed by atoms with Crippen molar-refractivity contribution in [3.05, 3.63) is 54.5 Å². The van der Waals surface area contributed by atoms with Crippen molar-refractivity contribution >= 4 is 17.5 Å². The molecule has 122 valence electrons. The Labute approximate surface area is 139 Å². The zero-order chi connectivity index (χ0) is 16.9. The van der Waals surface area contributed by atoms with E-state index in [1.807, 2.05) is 26.0 Å². The fourth-order valence-corrected chi connectivity index (χ4v) is 3.79. The smallest absolute Gasteiger partial charge is 0.265 e. The van der Waals surface area contributed by atoms with Gasteiger partial charge in [-0.1, -0.05) is 18.2 Å². The number of azo groups is 1. The van der Waals surface area contributed by atoms with Gasteiger partial charge in [0.2, 0.25) is 5.91 Å². The summed E-state index contributed by atoms with van der Waals surface area (Å²) in [5, 5.41) is 8.64. The summed E-state index contributed by atoms with van der Waals surface area (Å²) in [6, 6.07) is 12.5. The van der Waals surface area contributed by atoms with Crippen LogP contribution in [0.15, 0.2) is 63.4 Å². The molecule has 0 radical (unpaired) electrons. The van der Waals surface area contributed by atoms with E-state index in [1.54, 1.807) is 36.6 Å². The molecule has 6 heteroatoms. The minimum absolute atomic E-state index is 0.000968. The zero-order valence-electron chi connectivity index (χ0n) is 13.5. The molecular formula is C18H17N3O3. The number of imide groups is 1. The first kappa shape index (κ1) is 14.8. The van der Waals surface area contributed by atoms with Crippen molar-refractivity contribution in [3.8, 4) is 0 Å². The summed E-state index contributed by atoms with van der Waals surface area (Å²) < 4.78 is 5.56. The van der Waals surface area contributed by atoms with Crippen LogP contribution >= 0.6 is 0 Å². The Morgan fingerprint density at radius 1 is 1.08 bits per heavy atom. The maximum absolute atomic E-state index is 13.2.